The van der Waals surface area contributed by atoms with Crippen molar-refractivity contribution < 1.29 is 9.47 Å². The molecule has 4 nitrogen and oxygen atoms in total. The van der Waals surface area contributed by atoms with E-state index in [0.717, 1.165) is 69.7 Å². The third kappa shape index (κ3) is 5.31. The summed E-state index contributed by atoms with van der Waals surface area (Å²) >= 11 is 0. The molecule has 1 unspecified atom stereocenters. The van der Waals surface area contributed by atoms with Gasteiger partial charge in [0.05, 0.1) is 17.2 Å². The fourth-order valence-electron chi connectivity index (χ4n) is 4.57. The van der Waals surface area contributed by atoms with Crippen LogP contribution in [0.15, 0.2) is 24.3 Å². The Hall–Kier alpha value is -1.41. The van der Waals surface area contributed by atoms with Gasteiger partial charge in [-0.15, -0.1) is 0 Å². The van der Waals surface area contributed by atoms with Crippen LogP contribution in [0.2, 0.25) is 0 Å². The molecule has 4 heteroatoms. The molecule has 0 radical (unpaired) electrons. The van der Waals surface area contributed by atoms with Crippen molar-refractivity contribution in [3.05, 3.63) is 35.4 Å². The SMILES string of the molecule is N#Cc1ccc(CN2CCC3(CC2)CC(CCOCC2CC2)CCO3)cc1. The summed E-state index contributed by atoms with van der Waals surface area (Å²) in [4.78, 5) is 2.53. The topological polar surface area (TPSA) is 45.5 Å². The van der Waals surface area contributed by atoms with E-state index in [0.29, 0.717) is 0 Å². The van der Waals surface area contributed by atoms with E-state index in [1.54, 1.807) is 0 Å². The van der Waals surface area contributed by atoms with E-state index in [1.165, 1.54) is 37.7 Å². The van der Waals surface area contributed by atoms with Crippen LogP contribution in [-0.2, 0) is 16.0 Å². The lowest BCUT2D eigenvalue weighted by molar-refractivity contribution is -0.130. The van der Waals surface area contributed by atoms with Gasteiger partial charge in [-0.3, -0.25) is 4.90 Å². The summed E-state index contributed by atoms with van der Waals surface area (Å²) in [5.74, 6) is 1.63. The molecule has 2 saturated heterocycles. The monoisotopic (exact) mass is 368 g/mol. The van der Waals surface area contributed by atoms with Gasteiger partial charge in [0.1, 0.15) is 0 Å². The van der Waals surface area contributed by atoms with Crippen molar-refractivity contribution in [3.8, 4) is 6.07 Å². The fourth-order valence-corrected chi connectivity index (χ4v) is 4.57. The first-order valence-electron chi connectivity index (χ1n) is 10.7. The van der Waals surface area contributed by atoms with Gasteiger partial charge in [0.2, 0.25) is 0 Å². The van der Waals surface area contributed by atoms with Crippen molar-refractivity contribution in [1.82, 2.24) is 4.90 Å². The van der Waals surface area contributed by atoms with Gasteiger partial charge >= 0.3 is 0 Å². The summed E-state index contributed by atoms with van der Waals surface area (Å²) < 4.78 is 12.2. The number of likely N-dealkylation sites (tertiary alicyclic amines) is 1. The molecule has 1 spiro atoms. The summed E-state index contributed by atoms with van der Waals surface area (Å²) in [5, 5.41) is 8.92. The molecule has 1 aromatic carbocycles. The highest BCUT2D eigenvalue weighted by Crippen LogP contribution is 2.39. The summed E-state index contributed by atoms with van der Waals surface area (Å²) in [7, 11) is 0. The molecular weight excluding hydrogens is 336 g/mol. The summed E-state index contributed by atoms with van der Waals surface area (Å²) in [6.07, 6.45) is 8.64. The van der Waals surface area contributed by atoms with Crippen LogP contribution in [0.5, 0.6) is 0 Å². The molecular formula is C23H32N2O2. The Bertz CT molecular complexity index is 639. The minimum Gasteiger partial charge on any atom is -0.381 e. The molecule has 1 aromatic rings. The maximum atomic E-state index is 8.92. The van der Waals surface area contributed by atoms with E-state index in [1.807, 2.05) is 12.1 Å². The molecule has 1 atom stereocenters. The Balaban J connectivity index is 1.21. The summed E-state index contributed by atoms with van der Waals surface area (Å²) in [6.45, 7) is 6.01. The van der Waals surface area contributed by atoms with Crippen molar-refractivity contribution in [2.75, 3.05) is 32.9 Å². The zero-order valence-electron chi connectivity index (χ0n) is 16.4. The molecule has 4 rings (SSSR count). The third-order valence-electron chi connectivity index (χ3n) is 6.57. The van der Waals surface area contributed by atoms with E-state index < -0.39 is 0 Å². The second-order valence-corrected chi connectivity index (χ2v) is 8.78. The van der Waals surface area contributed by atoms with Gasteiger partial charge in [-0.2, -0.15) is 5.26 Å². The first-order valence-corrected chi connectivity index (χ1v) is 10.7. The van der Waals surface area contributed by atoms with Crippen molar-refractivity contribution in [2.24, 2.45) is 11.8 Å². The highest BCUT2D eigenvalue weighted by atomic mass is 16.5. The van der Waals surface area contributed by atoms with E-state index in [-0.39, 0.29) is 5.60 Å². The van der Waals surface area contributed by atoms with E-state index >= 15 is 0 Å². The zero-order chi connectivity index (χ0) is 18.5. The fraction of sp³-hybridized carbons (Fsp3) is 0.696. The molecule has 2 aliphatic heterocycles. The minimum absolute atomic E-state index is 0.112. The first-order chi connectivity index (χ1) is 13.2. The molecule has 0 amide bonds. The molecule has 1 saturated carbocycles. The second-order valence-electron chi connectivity index (χ2n) is 8.78. The van der Waals surface area contributed by atoms with E-state index in [2.05, 4.69) is 23.1 Å². The maximum Gasteiger partial charge on any atom is 0.0991 e. The smallest absolute Gasteiger partial charge is 0.0991 e. The molecule has 0 N–H and O–H groups in total. The van der Waals surface area contributed by atoms with E-state index in [9.17, 15) is 0 Å². The molecule has 3 fully saturated rings. The lowest BCUT2D eigenvalue weighted by atomic mass is 9.78. The average Bonchev–Trinajstić information content (AvgIpc) is 3.53. The van der Waals surface area contributed by atoms with Crippen LogP contribution < -0.4 is 0 Å². The van der Waals surface area contributed by atoms with Gasteiger partial charge in [-0.05, 0) is 74.5 Å². The highest BCUT2D eigenvalue weighted by molar-refractivity contribution is 5.31. The van der Waals surface area contributed by atoms with Gasteiger partial charge in [0.25, 0.3) is 0 Å². The predicted molar refractivity (Wildman–Crippen MR) is 105 cm³/mol. The lowest BCUT2D eigenvalue weighted by Gasteiger charge is -2.46. The second kappa shape index (κ2) is 8.73. The van der Waals surface area contributed by atoms with Crippen molar-refractivity contribution in [2.45, 2.75) is 57.1 Å². The number of nitriles is 1. The number of hydrogen-bond donors (Lipinski definition) is 0. The van der Waals surface area contributed by atoms with Gasteiger partial charge in [-0.1, -0.05) is 12.1 Å². The predicted octanol–water partition coefficient (Wildman–Crippen LogP) is 4.14. The minimum atomic E-state index is 0.112. The molecule has 27 heavy (non-hydrogen) atoms. The van der Waals surface area contributed by atoms with Crippen LogP contribution in [0.4, 0.5) is 0 Å². The standard InChI is InChI=1S/C23H32N2O2/c24-16-20-1-3-21(4-2-20)17-25-11-9-23(10-12-25)15-19(8-14-27-23)7-13-26-18-22-5-6-22/h1-4,19,22H,5-15,17-18H2. The van der Waals surface area contributed by atoms with Crippen LogP contribution in [0.3, 0.4) is 0 Å². The first kappa shape index (κ1) is 18.9. The quantitative estimate of drug-likeness (QED) is 0.679. The number of benzene rings is 1. The summed E-state index contributed by atoms with van der Waals surface area (Å²) in [6, 6.07) is 10.2. The van der Waals surface area contributed by atoms with Crippen LogP contribution in [-0.4, -0.2) is 43.4 Å². The Kier molecular flexibility index (Phi) is 6.12. The summed E-state index contributed by atoms with van der Waals surface area (Å²) in [5.41, 5.74) is 2.14. The highest BCUT2D eigenvalue weighted by Gasteiger charge is 2.40. The van der Waals surface area contributed by atoms with Gasteiger partial charge < -0.3 is 9.47 Å². The number of nitrogens with zero attached hydrogens (tertiary/aromatic N) is 2. The lowest BCUT2D eigenvalue weighted by Crippen LogP contribution is -2.49. The Labute approximate surface area is 163 Å². The molecule has 146 valence electrons. The number of piperidine rings is 1. The Morgan fingerprint density at radius 1 is 1.11 bits per heavy atom. The Morgan fingerprint density at radius 3 is 2.59 bits per heavy atom. The van der Waals surface area contributed by atoms with Crippen LogP contribution in [0, 0.1) is 23.2 Å². The average molecular weight is 369 g/mol. The van der Waals surface area contributed by atoms with E-state index in [4.69, 9.17) is 14.7 Å². The largest absolute Gasteiger partial charge is 0.381 e. The van der Waals surface area contributed by atoms with Crippen molar-refractivity contribution >= 4 is 0 Å². The normalized spacial score (nSPS) is 25.4. The van der Waals surface area contributed by atoms with Gasteiger partial charge in [-0.25, -0.2) is 0 Å². The Morgan fingerprint density at radius 2 is 1.89 bits per heavy atom. The number of hydrogen-bond acceptors (Lipinski definition) is 4. The molecule has 1 aliphatic carbocycles. The van der Waals surface area contributed by atoms with Crippen molar-refractivity contribution in [1.29, 1.82) is 5.26 Å². The maximum absolute atomic E-state index is 8.92. The third-order valence-corrected chi connectivity index (χ3v) is 6.57. The van der Waals surface area contributed by atoms with Crippen LogP contribution in [0.1, 0.15) is 56.1 Å². The molecule has 0 aromatic heterocycles. The number of rotatable bonds is 7. The van der Waals surface area contributed by atoms with Gasteiger partial charge in [0, 0.05) is 39.5 Å². The van der Waals surface area contributed by atoms with Crippen LogP contribution in [0.25, 0.3) is 0 Å². The molecule has 3 aliphatic rings. The van der Waals surface area contributed by atoms with Gasteiger partial charge in [0.15, 0.2) is 0 Å². The molecule has 0 bridgehead atoms. The zero-order valence-corrected chi connectivity index (χ0v) is 16.4. The van der Waals surface area contributed by atoms with Crippen molar-refractivity contribution in [3.63, 3.8) is 0 Å². The van der Waals surface area contributed by atoms with Crippen LogP contribution >= 0.6 is 0 Å². The molecule has 2 heterocycles. The number of ether oxygens (including phenoxy) is 2.